The highest BCUT2D eigenvalue weighted by Crippen LogP contribution is 2.28. The molecular weight excluding hydrogens is 344 g/mol. The highest BCUT2D eigenvalue weighted by molar-refractivity contribution is 5.62. The quantitative estimate of drug-likeness (QED) is 0.479. The molecule has 0 spiro atoms. The number of hydrogen-bond donors (Lipinski definition) is 0. The van der Waals surface area contributed by atoms with E-state index in [0.29, 0.717) is 12.5 Å². The predicted octanol–water partition coefficient (Wildman–Crippen LogP) is 5.04. The van der Waals surface area contributed by atoms with Crippen LogP contribution in [-0.4, -0.2) is 19.5 Å². The van der Waals surface area contributed by atoms with Crippen molar-refractivity contribution in [3.05, 3.63) is 102 Å². The molecule has 4 aromatic rings. The van der Waals surface area contributed by atoms with Crippen molar-refractivity contribution in [1.29, 1.82) is 0 Å². The molecule has 2 aromatic heterocycles. The highest BCUT2D eigenvalue weighted by atomic mass is 15.1. The van der Waals surface area contributed by atoms with E-state index in [1.165, 1.54) is 11.3 Å². The largest absolute Gasteiger partial charge is 0.328 e. The Morgan fingerprint density at radius 3 is 2.25 bits per heavy atom. The van der Waals surface area contributed by atoms with Gasteiger partial charge < -0.3 is 4.57 Å². The fourth-order valence-corrected chi connectivity index (χ4v) is 3.46. The average molecular weight is 368 g/mol. The molecule has 0 aliphatic heterocycles. The van der Waals surface area contributed by atoms with E-state index < -0.39 is 0 Å². The van der Waals surface area contributed by atoms with Crippen LogP contribution in [0.3, 0.4) is 0 Å². The van der Waals surface area contributed by atoms with Crippen LogP contribution in [0.2, 0.25) is 0 Å². The molecule has 28 heavy (non-hydrogen) atoms. The molecular formula is C24H24N4. The van der Waals surface area contributed by atoms with Gasteiger partial charge in [0.1, 0.15) is 0 Å². The third-order valence-corrected chi connectivity index (χ3v) is 5.03. The Balaban J connectivity index is 1.70. The first-order valence-corrected chi connectivity index (χ1v) is 9.62. The predicted molar refractivity (Wildman–Crippen MR) is 112 cm³/mol. The van der Waals surface area contributed by atoms with Gasteiger partial charge >= 0.3 is 0 Å². The number of benzene rings is 2. The molecule has 0 saturated carbocycles. The van der Waals surface area contributed by atoms with Gasteiger partial charge in [-0.25, -0.2) is 4.98 Å². The first-order valence-electron chi connectivity index (χ1n) is 9.62. The fraction of sp³-hybridized carbons (Fsp3) is 0.208. The number of aryl methyl sites for hydroxylation is 1. The van der Waals surface area contributed by atoms with Gasteiger partial charge in [0.2, 0.25) is 0 Å². The van der Waals surface area contributed by atoms with E-state index >= 15 is 0 Å². The lowest BCUT2D eigenvalue weighted by Gasteiger charge is -2.16. The third-order valence-electron chi connectivity index (χ3n) is 5.03. The van der Waals surface area contributed by atoms with Gasteiger partial charge in [-0.05, 0) is 24.8 Å². The summed E-state index contributed by atoms with van der Waals surface area (Å²) in [6.07, 6.45) is 6.50. The molecule has 0 N–H and O–H groups in total. The van der Waals surface area contributed by atoms with Crippen LogP contribution in [-0.2, 0) is 13.0 Å². The second-order valence-electron chi connectivity index (χ2n) is 7.20. The molecule has 0 fully saturated rings. The number of rotatable bonds is 6. The maximum absolute atomic E-state index is 4.76. The molecule has 4 nitrogen and oxygen atoms in total. The van der Waals surface area contributed by atoms with Crippen LogP contribution in [0.5, 0.6) is 0 Å². The minimum Gasteiger partial charge on any atom is -0.328 e. The standard InChI is InChI=1S/C24H24N4/c1-18(20-9-5-3-6-10-20)13-23-24(21-11-7-4-8-12-21)27-17-28(23)16-22-15-25-19(2)14-26-22/h3-12,14-15,17-18H,13,16H2,1-2H3. The Morgan fingerprint density at radius 2 is 1.57 bits per heavy atom. The van der Waals surface area contributed by atoms with Crippen molar-refractivity contribution < 1.29 is 0 Å². The summed E-state index contributed by atoms with van der Waals surface area (Å²) in [4.78, 5) is 13.7. The summed E-state index contributed by atoms with van der Waals surface area (Å²) in [5.74, 6) is 0.392. The van der Waals surface area contributed by atoms with Gasteiger partial charge in [0.25, 0.3) is 0 Å². The van der Waals surface area contributed by atoms with Gasteiger partial charge in [-0.15, -0.1) is 0 Å². The Hall–Kier alpha value is -3.27. The smallest absolute Gasteiger partial charge is 0.0959 e. The molecule has 4 heteroatoms. The monoisotopic (exact) mass is 368 g/mol. The molecule has 0 aliphatic rings. The first kappa shape index (κ1) is 18.1. The van der Waals surface area contributed by atoms with Crippen molar-refractivity contribution in [2.75, 3.05) is 0 Å². The second-order valence-corrected chi connectivity index (χ2v) is 7.20. The van der Waals surface area contributed by atoms with Crippen molar-refractivity contribution in [2.24, 2.45) is 0 Å². The lowest BCUT2D eigenvalue weighted by molar-refractivity contribution is 0.666. The molecule has 4 rings (SSSR count). The summed E-state index contributed by atoms with van der Waals surface area (Å²) >= 11 is 0. The van der Waals surface area contributed by atoms with Gasteiger partial charge in [0, 0.05) is 17.5 Å². The lowest BCUT2D eigenvalue weighted by Crippen LogP contribution is -2.09. The van der Waals surface area contributed by atoms with E-state index in [9.17, 15) is 0 Å². The van der Waals surface area contributed by atoms with Crippen LogP contribution >= 0.6 is 0 Å². The summed E-state index contributed by atoms with van der Waals surface area (Å²) in [5, 5.41) is 0. The highest BCUT2D eigenvalue weighted by Gasteiger charge is 2.17. The van der Waals surface area contributed by atoms with E-state index in [1.54, 1.807) is 0 Å². The van der Waals surface area contributed by atoms with E-state index in [1.807, 2.05) is 31.7 Å². The zero-order valence-corrected chi connectivity index (χ0v) is 16.3. The minimum absolute atomic E-state index is 0.392. The molecule has 1 atom stereocenters. The molecule has 0 aliphatic carbocycles. The zero-order valence-electron chi connectivity index (χ0n) is 16.3. The summed E-state index contributed by atoms with van der Waals surface area (Å²) in [6.45, 7) is 4.89. The zero-order chi connectivity index (χ0) is 19.3. The van der Waals surface area contributed by atoms with Crippen molar-refractivity contribution in [1.82, 2.24) is 19.5 Å². The van der Waals surface area contributed by atoms with E-state index in [0.717, 1.165) is 29.1 Å². The minimum atomic E-state index is 0.392. The van der Waals surface area contributed by atoms with E-state index in [-0.39, 0.29) is 0 Å². The number of nitrogens with zero attached hydrogens (tertiary/aromatic N) is 4. The fourth-order valence-electron chi connectivity index (χ4n) is 3.46. The SMILES string of the molecule is Cc1cnc(Cn2cnc(-c3ccccc3)c2CC(C)c2ccccc2)cn1. The second kappa shape index (κ2) is 8.17. The third kappa shape index (κ3) is 4.01. The van der Waals surface area contributed by atoms with Crippen LogP contribution in [0, 0.1) is 6.92 Å². The Bertz CT molecular complexity index is 1020. The molecule has 0 radical (unpaired) electrons. The van der Waals surface area contributed by atoms with Gasteiger partial charge in [-0.1, -0.05) is 67.6 Å². The molecule has 1 unspecified atom stereocenters. The summed E-state index contributed by atoms with van der Waals surface area (Å²) in [5.41, 5.74) is 6.62. The van der Waals surface area contributed by atoms with Crippen molar-refractivity contribution >= 4 is 0 Å². The van der Waals surface area contributed by atoms with Gasteiger partial charge in [-0.3, -0.25) is 9.97 Å². The van der Waals surface area contributed by atoms with Crippen LogP contribution in [0.1, 0.15) is 35.5 Å². The molecule has 140 valence electrons. The Kier molecular flexibility index (Phi) is 5.29. The van der Waals surface area contributed by atoms with Crippen LogP contribution in [0.25, 0.3) is 11.3 Å². The number of aromatic nitrogens is 4. The normalized spacial score (nSPS) is 12.1. The van der Waals surface area contributed by atoms with E-state index in [2.05, 4.69) is 76.1 Å². The number of imidazole rings is 1. The first-order chi connectivity index (χ1) is 13.7. The molecule has 0 saturated heterocycles. The number of hydrogen-bond acceptors (Lipinski definition) is 3. The topological polar surface area (TPSA) is 43.6 Å². The molecule has 2 heterocycles. The van der Waals surface area contributed by atoms with Gasteiger partial charge in [-0.2, -0.15) is 0 Å². The van der Waals surface area contributed by atoms with Gasteiger partial charge in [0.15, 0.2) is 0 Å². The molecule has 2 aromatic carbocycles. The van der Waals surface area contributed by atoms with Crippen molar-refractivity contribution in [2.45, 2.75) is 32.7 Å². The van der Waals surface area contributed by atoms with E-state index in [4.69, 9.17) is 4.98 Å². The van der Waals surface area contributed by atoms with Gasteiger partial charge in [0.05, 0.1) is 36.2 Å². The van der Waals surface area contributed by atoms with Crippen molar-refractivity contribution in [3.8, 4) is 11.3 Å². The van der Waals surface area contributed by atoms with Crippen LogP contribution in [0.4, 0.5) is 0 Å². The summed E-state index contributed by atoms with van der Waals surface area (Å²) in [6, 6.07) is 21.0. The maximum atomic E-state index is 4.76. The Morgan fingerprint density at radius 1 is 0.857 bits per heavy atom. The average Bonchev–Trinajstić information content (AvgIpc) is 3.13. The van der Waals surface area contributed by atoms with Crippen LogP contribution in [0.15, 0.2) is 79.4 Å². The van der Waals surface area contributed by atoms with Crippen molar-refractivity contribution in [3.63, 3.8) is 0 Å². The van der Waals surface area contributed by atoms with Crippen LogP contribution < -0.4 is 0 Å². The summed E-state index contributed by atoms with van der Waals surface area (Å²) < 4.78 is 2.21. The molecule has 0 bridgehead atoms. The lowest BCUT2D eigenvalue weighted by atomic mass is 9.94. The molecule has 0 amide bonds. The summed E-state index contributed by atoms with van der Waals surface area (Å²) in [7, 11) is 0. The maximum Gasteiger partial charge on any atom is 0.0959 e. The Labute approximate surface area is 166 Å².